The third kappa shape index (κ3) is 4.39. The second-order valence-electron chi connectivity index (χ2n) is 8.82. The highest BCUT2D eigenvalue weighted by Crippen LogP contribution is 2.29. The number of pyridine rings is 2. The van der Waals surface area contributed by atoms with Crippen molar-refractivity contribution in [2.45, 2.75) is 25.7 Å². The number of hydrogen-bond donors (Lipinski definition) is 1. The van der Waals surface area contributed by atoms with Gasteiger partial charge in [-0.2, -0.15) is 0 Å². The number of amides is 1. The van der Waals surface area contributed by atoms with E-state index < -0.39 is 0 Å². The van der Waals surface area contributed by atoms with Crippen molar-refractivity contribution in [1.82, 2.24) is 14.9 Å². The fourth-order valence-electron chi connectivity index (χ4n) is 4.62. The zero-order valence-electron chi connectivity index (χ0n) is 18.1. The summed E-state index contributed by atoms with van der Waals surface area (Å²) in [4.78, 5) is 26.3. The minimum Gasteiger partial charge on any atom is -0.370 e. The number of anilines is 2. The smallest absolute Gasteiger partial charge is 0.228 e. The molecule has 31 heavy (non-hydrogen) atoms. The first kappa shape index (κ1) is 19.9. The minimum atomic E-state index is 0.0689. The lowest BCUT2D eigenvalue weighted by Crippen LogP contribution is -2.36. The Balaban J connectivity index is 1.37. The van der Waals surface area contributed by atoms with Gasteiger partial charge in [-0.05, 0) is 75.0 Å². The molecule has 0 saturated carbocycles. The lowest BCUT2D eigenvalue weighted by Gasteiger charge is -2.27. The molecular weight excluding hydrogens is 386 g/mol. The molecule has 0 atom stereocenters. The van der Waals surface area contributed by atoms with E-state index in [0.717, 1.165) is 60.9 Å². The van der Waals surface area contributed by atoms with E-state index in [4.69, 9.17) is 0 Å². The molecule has 1 aromatic carbocycles. The molecule has 6 heteroatoms. The van der Waals surface area contributed by atoms with Crippen LogP contribution in [0.2, 0.25) is 0 Å². The van der Waals surface area contributed by atoms with Gasteiger partial charge in [-0.15, -0.1) is 0 Å². The Hall–Kier alpha value is -2.99. The first-order chi connectivity index (χ1) is 15.2. The molecular formula is C25H29N5O. The Morgan fingerprint density at radius 2 is 1.74 bits per heavy atom. The van der Waals surface area contributed by atoms with E-state index in [-0.39, 0.29) is 11.8 Å². The predicted molar refractivity (Wildman–Crippen MR) is 125 cm³/mol. The third-order valence-corrected chi connectivity index (χ3v) is 6.59. The van der Waals surface area contributed by atoms with Gasteiger partial charge in [0.1, 0.15) is 5.82 Å². The maximum atomic E-state index is 12.7. The molecule has 1 amide bonds. The number of nitrogens with zero attached hydrogens (tertiary/aromatic N) is 4. The van der Waals surface area contributed by atoms with E-state index in [1.807, 2.05) is 24.7 Å². The molecule has 160 valence electrons. The molecule has 0 bridgehead atoms. The number of rotatable bonds is 4. The summed E-state index contributed by atoms with van der Waals surface area (Å²) in [5.41, 5.74) is 3.43. The lowest BCUT2D eigenvalue weighted by atomic mass is 9.96. The van der Waals surface area contributed by atoms with E-state index in [1.165, 1.54) is 18.5 Å². The molecule has 2 saturated heterocycles. The Bertz CT molecular complexity index is 1080. The van der Waals surface area contributed by atoms with Crippen molar-refractivity contribution < 1.29 is 4.79 Å². The van der Waals surface area contributed by atoms with Crippen LogP contribution in [-0.4, -0.2) is 54.0 Å². The first-order valence-electron chi connectivity index (χ1n) is 11.3. The number of benzene rings is 1. The largest absolute Gasteiger partial charge is 0.370 e. The second kappa shape index (κ2) is 8.63. The lowest BCUT2D eigenvalue weighted by molar-refractivity contribution is -0.121. The molecule has 6 nitrogen and oxygen atoms in total. The van der Waals surface area contributed by atoms with E-state index in [2.05, 4.69) is 56.4 Å². The van der Waals surface area contributed by atoms with Crippen LogP contribution in [-0.2, 0) is 4.79 Å². The molecule has 2 aliphatic rings. The zero-order valence-corrected chi connectivity index (χ0v) is 18.1. The Morgan fingerprint density at radius 3 is 2.55 bits per heavy atom. The van der Waals surface area contributed by atoms with Crippen molar-refractivity contribution in [3.8, 4) is 11.1 Å². The van der Waals surface area contributed by atoms with Gasteiger partial charge < -0.3 is 15.1 Å². The number of likely N-dealkylation sites (tertiary alicyclic amines) is 1. The van der Waals surface area contributed by atoms with Crippen LogP contribution in [0, 0.1) is 5.92 Å². The van der Waals surface area contributed by atoms with Gasteiger partial charge in [0.05, 0.1) is 11.9 Å². The molecule has 3 aromatic rings. The number of nitrogens with one attached hydrogen (secondary N) is 1. The standard InChI is InChI=1S/C25H29N5O/c1-29-10-6-18(7-11-29)25(31)28-24-14-21-12-19(4-5-20(21)16-27-24)22-13-23(17-26-15-22)30-8-2-3-9-30/h4-5,12-18H,2-3,6-11H2,1H3,(H,27,28,31). The number of fused-ring (bicyclic) bond motifs is 1. The third-order valence-electron chi connectivity index (χ3n) is 6.59. The molecule has 0 spiro atoms. The number of carbonyl (C=O) groups is 1. The Labute approximate surface area is 183 Å². The number of carbonyl (C=O) groups excluding carboxylic acids is 1. The van der Waals surface area contributed by atoms with Crippen LogP contribution in [0.15, 0.2) is 48.9 Å². The number of hydrogen-bond acceptors (Lipinski definition) is 5. The van der Waals surface area contributed by atoms with E-state index >= 15 is 0 Å². The predicted octanol–water partition coefficient (Wildman–Crippen LogP) is 4.18. The maximum Gasteiger partial charge on any atom is 0.228 e. The van der Waals surface area contributed by atoms with Gasteiger partial charge >= 0.3 is 0 Å². The summed E-state index contributed by atoms with van der Waals surface area (Å²) < 4.78 is 0. The zero-order chi connectivity index (χ0) is 21.2. The van der Waals surface area contributed by atoms with Gasteiger partial charge in [-0.3, -0.25) is 9.78 Å². The van der Waals surface area contributed by atoms with Crippen molar-refractivity contribution in [1.29, 1.82) is 0 Å². The number of piperidine rings is 1. The van der Waals surface area contributed by atoms with Gasteiger partial charge in [-0.25, -0.2) is 4.98 Å². The van der Waals surface area contributed by atoms with Crippen molar-refractivity contribution >= 4 is 28.2 Å². The van der Waals surface area contributed by atoms with Gasteiger partial charge in [0.15, 0.2) is 0 Å². The SMILES string of the molecule is CN1CCC(C(=O)Nc2cc3cc(-c4cncc(N5CCCC5)c4)ccc3cn2)CC1. The van der Waals surface area contributed by atoms with Crippen LogP contribution >= 0.6 is 0 Å². The highest BCUT2D eigenvalue weighted by atomic mass is 16.1. The first-order valence-corrected chi connectivity index (χ1v) is 11.3. The van der Waals surface area contributed by atoms with Crippen molar-refractivity contribution in [3.63, 3.8) is 0 Å². The monoisotopic (exact) mass is 415 g/mol. The molecule has 2 aliphatic heterocycles. The van der Waals surface area contributed by atoms with Gasteiger partial charge in [-0.1, -0.05) is 12.1 Å². The van der Waals surface area contributed by atoms with Crippen molar-refractivity contribution in [3.05, 3.63) is 48.9 Å². The molecule has 1 N–H and O–H groups in total. The summed E-state index contributed by atoms with van der Waals surface area (Å²) in [7, 11) is 2.10. The summed E-state index contributed by atoms with van der Waals surface area (Å²) in [5, 5.41) is 5.16. The van der Waals surface area contributed by atoms with Gasteiger partial charge in [0.2, 0.25) is 5.91 Å². The van der Waals surface area contributed by atoms with Gasteiger partial charge in [0.25, 0.3) is 0 Å². The summed E-state index contributed by atoms with van der Waals surface area (Å²) in [6, 6.07) is 10.6. The van der Waals surface area contributed by atoms with E-state index in [0.29, 0.717) is 5.82 Å². The quantitative estimate of drug-likeness (QED) is 0.693. The van der Waals surface area contributed by atoms with Crippen molar-refractivity contribution in [2.75, 3.05) is 43.4 Å². The van der Waals surface area contributed by atoms with Crippen LogP contribution in [0.4, 0.5) is 11.5 Å². The fourth-order valence-corrected chi connectivity index (χ4v) is 4.62. The van der Waals surface area contributed by atoms with Crippen LogP contribution in [0.3, 0.4) is 0 Å². The maximum absolute atomic E-state index is 12.7. The molecule has 2 aromatic heterocycles. The topological polar surface area (TPSA) is 61.4 Å². The van der Waals surface area contributed by atoms with Crippen molar-refractivity contribution in [2.24, 2.45) is 5.92 Å². The van der Waals surface area contributed by atoms with E-state index in [1.54, 1.807) is 0 Å². The average molecular weight is 416 g/mol. The second-order valence-corrected chi connectivity index (χ2v) is 8.82. The summed E-state index contributed by atoms with van der Waals surface area (Å²) in [5.74, 6) is 0.774. The van der Waals surface area contributed by atoms with Crippen LogP contribution in [0.5, 0.6) is 0 Å². The normalized spacial score (nSPS) is 17.9. The minimum absolute atomic E-state index is 0.0689. The van der Waals surface area contributed by atoms with Crippen LogP contribution in [0.25, 0.3) is 21.9 Å². The molecule has 0 unspecified atom stereocenters. The molecule has 0 aliphatic carbocycles. The highest BCUT2D eigenvalue weighted by molar-refractivity contribution is 5.95. The fraction of sp³-hybridized carbons (Fsp3) is 0.400. The Kier molecular flexibility index (Phi) is 5.55. The van der Waals surface area contributed by atoms with E-state index in [9.17, 15) is 4.79 Å². The Morgan fingerprint density at radius 1 is 0.935 bits per heavy atom. The number of aromatic nitrogens is 2. The molecule has 5 rings (SSSR count). The summed E-state index contributed by atoms with van der Waals surface area (Å²) in [6.07, 6.45) is 10.0. The van der Waals surface area contributed by atoms with Crippen LogP contribution < -0.4 is 10.2 Å². The van der Waals surface area contributed by atoms with Crippen LogP contribution in [0.1, 0.15) is 25.7 Å². The average Bonchev–Trinajstić information content (AvgIpc) is 3.34. The highest BCUT2D eigenvalue weighted by Gasteiger charge is 2.23. The molecule has 4 heterocycles. The summed E-state index contributed by atoms with van der Waals surface area (Å²) in [6.45, 7) is 4.15. The molecule has 0 radical (unpaired) electrons. The molecule has 2 fully saturated rings. The van der Waals surface area contributed by atoms with Gasteiger partial charge in [0, 0.05) is 42.4 Å². The summed E-state index contributed by atoms with van der Waals surface area (Å²) >= 11 is 0.